The van der Waals surface area contributed by atoms with Crippen LogP contribution in [0.1, 0.15) is 25.0 Å². The summed E-state index contributed by atoms with van der Waals surface area (Å²) in [4.78, 5) is 15.3. The van der Waals surface area contributed by atoms with Crippen LogP contribution >= 0.6 is 0 Å². The zero-order valence-electron chi connectivity index (χ0n) is 27.7. The standard InChI is InChI=1S/C46H31N3O/c1-46(2)38-20-9-8-16-34(38)35-18-10-19-36(42(35)46)45-48-43(29-12-4-3-5-13-29)47-44(49-45)30-24-22-28(23-25-30)33-17-11-21-39-41(33)37-26-31-14-6-7-15-32(31)27-40(37)50-39/h3-27H,1-2H3. The first-order valence-electron chi connectivity index (χ1n) is 17.0. The molecule has 0 amide bonds. The van der Waals surface area contributed by atoms with Gasteiger partial charge in [0.2, 0.25) is 0 Å². The molecule has 0 bridgehead atoms. The highest BCUT2D eigenvalue weighted by Crippen LogP contribution is 2.51. The van der Waals surface area contributed by atoms with Crippen molar-refractivity contribution in [3.63, 3.8) is 0 Å². The Hall–Kier alpha value is -6.39. The molecule has 2 heterocycles. The van der Waals surface area contributed by atoms with E-state index >= 15 is 0 Å². The topological polar surface area (TPSA) is 51.8 Å². The zero-order chi connectivity index (χ0) is 33.4. The monoisotopic (exact) mass is 641 g/mol. The van der Waals surface area contributed by atoms with Crippen molar-refractivity contribution in [1.82, 2.24) is 15.0 Å². The maximum atomic E-state index is 6.37. The minimum Gasteiger partial charge on any atom is -0.456 e. The summed E-state index contributed by atoms with van der Waals surface area (Å²) in [5.74, 6) is 1.98. The van der Waals surface area contributed by atoms with Gasteiger partial charge in [-0.2, -0.15) is 0 Å². The lowest BCUT2D eigenvalue weighted by Crippen LogP contribution is -2.17. The van der Waals surface area contributed by atoms with Crippen molar-refractivity contribution in [2.75, 3.05) is 0 Å². The Morgan fingerprint density at radius 3 is 1.82 bits per heavy atom. The van der Waals surface area contributed by atoms with Crippen LogP contribution < -0.4 is 0 Å². The summed E-state index contributed by atoms with van der Waals surface area (Å²) in [5.41, 5.74) is 11.8. The second kappa shape index (κ2) is 10.8. The van der Waals surface area contributed by atoms with Gasteiger partial charge in [-0.25, -0.2) is 15.0 Å². The molecule has 1 aliphatic rings. The molecule has 0 atom stereocenters. The van der Waals surface area contributed by atoms with Crippen LogP contribution in [0.15, 0.2) is 156 Å². The first-order valence-corrected chi connectivity index (χ1v) is 17.0. The van der Waals surface area contributed by atoms with E-state index in [0.717, 1.165) is 49.8 Å². The van der Waals surface area contributed by atoms with Gasteiger partial charge in [-0.05, 0) is 62.4 Å². The first kappa shape index (κ1) is 28.6. The fourth-order valence-electron chi connectivity index (χ4n) is 7.93. The van der Waals surface area contributed by atoms with Gasteiger partial charge in [-0.15, -0.1) is 0 Å². The van der Waals surface area contributed by atoms with Gasteiger partial charge >= 0.3 is 0 Å². The fraction of sp³-hybridized carbons (Fsp3) is 0.0652. The van der Waals surface area contributed by atoms with Gasteiger partial charge in [0, 0.05) is 32.9 Å². The number of nitrogens with zero attached hydrogens (tertiary/aromatic N) is 3. The van der Waals surface area contributed by atoms with Crippen molar-refractivity contribution in [2.24, 2.45) is 0 Å². The average Bonchev–Trinajstić information content (AvgIpc) is 3.65. The molecule has 0 aliphatic heterocycles. The highest BCUT2D eigenvalue weighted by Gasteiger charge is 2.38. The SMILES string of the molecule is CC1(C)c2ccccc2-c2cccc(-c3nc(-c4ccccc4)nc(-c4ccc(-c5cccc6oc7cc8ccccc8cc7c56)cc4)n3)c21. The lowest BCUT2D eigenvalue weighted by molar-refractivity contribution is 0.661. The van der Waals surface area contributed by atoms with Crippen LogP contribution in [0.3, 0.4) is 0 Å². The molecule has 4 nitrogen and oxygen atoms in total. The van der Waals surface area contributed by atoms with E-state index in [2.05, 4.69) is 147 Å². The van der Waals surface area contributed by atoms with Crippen molar-refractivity contribution < 1.29 is 4.42 Å². The molecular formula is C46H31N3O. The number of rotatable bonds is 4. The number of hydrogen-bond acceptors (Lipinski definition) is 4. The average molecular weight is 642 g/mol. The summed E-state index contributed by atoms with van der Waals surface area (Å²) in [6.07, 6.45) is 0. The molecule has 0 saturated heterocycles. The molecule has 0 N–H and O–H groups in total. The molecule has 7 aromatic carbocycles. The third-order valence-corrected chi connectivity index (χ3v) is 10.3. The zero-order valence-corrected chi connectivity index (χ0v) is 27.7. The second-order valence-electron chi connectivity index (χ2n) is 13.6. The molecule has 2 aromatic heterocycles. The molecule has 0 spiro atoms. The maximum Gasteiger partial charge on any atom is 0.164 e. The van der Waals surface area contributed by atoms with Crippen LogP contribution in [0, 0.1) is 0 Å². The van der Waals surface area contributed by atoms with Crippen molar-refractivity contribution in [1.29, 1.82) is 0 Å². The molecule has 50 heavy (non-hydrogen) atoms. The van der Waals surface area contributed by atoms with E-state index in [1.54, 1.807) is 0 Å². The minimum absolute atomic E-state index is 0.200. The second-order valence-corrected chi connectivity index (χ2v) is 13.6. The first-order chi connectivity index (χ1) is 24.5. The van der Waals surface area contributed by atoms with Crippen molar-refractivity contribution in [3.8, 4) is 56.4 Å². The van der Waals surface area contributed by atoms with E-state index in [1.807, 2.05) is 18.2 Å². The van der Waals surface area contributed by atoms with E-state index < -0.39 is 0 Å². The van der Waals surface area contributed by atoms with Crippen LogP contribution in [0.25, 0.3) is 89.1 Å². The lowest BCUT2D eigenvalue weighted by atomic mass is 9.80. The van der Waals surface area contributed by atoms with Crippen LogP contribution in [0.4, 0.5) is 0 Å². The highest BCUT2D eigenvalue weighted by atomic mass is 16.3. The Morgan fingerprint density at radius 1 is 0.440 bits per heavy atom. The largest absolute Gasteiger partial charge is 0.456 e. The Bertz CT molecular complexity index is 2780. The number of aromatic nitrogens is 3. The van der Waals surface area contributed by atoms with Gasteiger partial charge in [0.1, 0.15) is 11.2 Å². The van der Waals surface area contributed by atoms with Gasteiger partial charge in [-0.3, -0.25) is 0 Å². The van der Waals surface area contributed by atoms with E-state index in [0.29, 0.717) is 17.5 Å². The van der Waals surface area contributed by atoms with E-state index in [4.69, 9.17) is 19.4 Å². The normalized spacial score (nSPS) is 13.2. The molecule has 10 rings (SSSR count). The summed E-state index contributed by atoms with van der Waals surface area (Å²) >= 11 is 0. The lowest BCUT2D eigenvalue weighted by Gasteiger charge is -2.24. The van der Waals surface area contributed by atoms with Crippen LogP contribution in [-0.4, -0.2) is 15.0 Å². The van der Waals surface area contributed by atoms with Crippen molar-refractivity contribution >= 4 is 32.7 Å². The molecule has 0 radical (unpaired) electrons. The number of benzene rings is 7. The Labute approximate surface area is 289 Å². The van der Waals surface area contributed by atoms with Crippen molar-refractivity contribution in [3.05, 3.63) is 163 Å². The van der Waals surface area contributed by atoms with E-state index in [-0.39, 0.29) is 5.41 Å². The molecule has 0 unspecified atom stereocenters. The minimum atomic E-state index is -0.200. The van der Waals surface area contributed by atoms with Crippen LogP contribution in [0.2, 0.25) is 0 Å². The molecular weight excluding hydrogens is 611 g/mol. The third-order valence-electron chi connectivity index (χ3n) is 10.3. The quantitative estimate of drug-likeness (QED) is 0.192. The predicted molar refractivity (Wildman–Crippen MR) is 204 cm³/mol. The maximum absolute atomic E-state index is 6.37. The Kier molecular flexibility index (Phi) is 6.19. The fourth-order valence-corrected chi connectivity index (χ4v) is 7.93. The molecule has 4 heteroatoms. The van der Waals surface area contributed by atoms with Gasteiger partial charge in [0.15, 0.2) is 17.5 Å². The third kappa shape index (κ3) is 4.35. The molecule has 236 valence electrons. The smallest absolute Gasteiger partial charge is 0.164 e. The number of furan rings is 1. The van der Waals surface area contributed by atoms with Crippen LogP contribution in [0.5, 0.6) is 0 Å². The van der Waals surface area contributed by atoms with Gasteiger partial charge in [0.05, 0.1) is 0 Å². The van der Waals surface area contributed by atoms with E-state index in [9.17, 15) is 0 Å². The molecule has 0 saturated carbocycles. The molecule has 9 aromatic rings. The molecule has 0 fully saturated rings. The predicted octanol–water partition coefficient (Wildman–Crippen LogP) is 11.9. The summed E-state index contributed by atoms with van der Waals surface area (Å²) in [6, 6.07) is 53.0. The summed E-state index contributed by atoms with van der Waals surface area (Å²) in [5, 5.41) is 4.61. The Morgan fingerprint density at radius 2 is 1.02 bits per heavy atom. The van der Waals surface area contributed by atoms with E-state index in [1.165, 1.54) is 33.0 Å². The van der Waals surface area contributed by atoms with Crippen molar-refractivity contribution in [2.45, 2.75) is 19.3 Å². The highest BCUT2D eigenvalue weighted by molar-refractivity contribution is 6.15. The van der Waals surface area contributed by atoms with Gasteiger partial charge in [-0.1, -0.05) is 147 Å². The number of hydrogen-bond donors (Lipinski definition) is 0. The van der Waals surface area contributed by atoms with Gasteiger partial charge in [0.25, 0.3) is 0 Å². The Balaban J connectivity index is 1.12. The summed E-state index contributed by atoms with van der Waals surface area (Å²) < 4.78 is 6.37. The van der Waals surface area contributed by atoms with Gasteiger partial charge < -0.3 is 4.42 Å². The van der Waals surface area contributed by atoms with Crippen LogP contribution in [-0.2, 0) is 5.41 Å². The molecule has 1 aliphatic carbocycles. The summed E-state index contributed by atoms with van der Waals surface area (Å²) in [6.45, 7) is 4.60. The number of fused-ring (bicyclic) bond motifs is 7. The summed E-state index contributed by atoms with van der Waals surface area (Å²) in [7, 11) is 0.